The van der Waals surface area contributed by atoms with Gasteiger partial charge in [-0.2, -0.15) is 9.78 Å². The van der Waals surface area contributed by atoms with E-state index in [4.69, 9.17) is 29.0 Å². The molecule has 0 aliphatic rings. The molecule has 34 heavy (non-hydrogen) atoms. The molecule has 1 aromatic carbocycles. The van der Waals surface area contributed by atoms with Gasteiger partial charge in [-0.1, -0.05) is 65.8 Å². The maximum absolute atomic E-state index is 11.8. The molecule has 0 atom stereocenters. The third-order valence-corrected chi connectivity index (χ3v) is 4.32. The molecule has 8 heteroatoms. The van der Waals surface area contributed by atoms with Crippen molar-refractivity contribution in [2.24, 2.45) is 10.8 Å². The van der Waals surface area contributed by atoms with Crippen molar-refractivity contribution in [1.82, 2.24) is 0 Å². The van der Waals surface area contributed by atoms with E-state index in [9.17, 15) is 9.59 Å². The first-order chi connectivity index (χ1) is 15.4. The van der Waals surface area contributed by atoms with Crippen molar-refractivity contribution < 1.29 is 38.6 Å². The maximum atomic E-state index is 11.8. The van der Waals surface area contributed by atoms with Crippen molar-refractivity contribution in [1.29, 1.82) is 0 Å². The Kier molecular flexibility index (Phi) is 10.4. The van der Waals surface area contributed by atoms with Gasteiger partial charge in [-0.15, -0.1) is 0 Å². The quantitative estimate of drug-likeness (QED) is 0.195. The second-order valence-corrected chi connectivity index (χ2v) is 12.2. The minimum absolute atomic E-state index is 0.0156. The van der Waals surface area contributed by atoms with E-state index in [0.717, 1.165) is 11.1 Å². The summed E-state index contributed by atoms with van der Waals surface area (Å²) < 4.78 is 10.2. The summed E-state index contributed by atoms with van der Waals surface area (Å²) in [5, 5.41) is 0. The number of hydrogen-bond donors (Lipinski definition) is 0. The van der Waals surface area contributed by atoms with Gasteiger partial charge in [0.25, 0.3) is 0 Å². The van der Waals surface area contributed by atoms with Gasteiger partial charge in [0, 0.05) is 0 Å². The Hall–Kier alpha value is -2.32. The second kappa shape index (κ2) is 11.9. The van der Waals surface area contributed by atoms with Gasteiger partial charge < -0.3 is 9.47 Å². The molecule has 0 radical (unpaired) electrons. The molecule has 0 heterocycles. The van der Waals surface area contributed by atoms with Crippen molar-refractivity contribution in [3.8, 4) is 0 Å². The molecule has 0 saturated carbocycles. The average Bonchev–Trinajstić information content (AvgIpc) is 2.65. The Morgan fingerprint density at radius 1 is 0.588 bits per heavy atom. The predicted octanol–water partition coefficient (Wildman–Crippen LogP) is 7.29. The molecule has 1 rings (SSSR count). The molecule has 0 amide bonds. The van der Waals surface area contributed by atoms with Crippen LogP contribution in [0.5, 0.6) is 0 Å². The molecule has 0 aliphatic heterocycles. The summed E-state index contributed by atoms with van der Waals surface area (Å²) in [5.74, 6) is 0. The maximum Gasteiger partial charge on any atom is 0.540 e. The Bertz CT molecular complexity index is 716. The van der Waals surface area contributed by atoms with Crippen molar-refractivity contribution in [2.75, 3.05) is 0 Å². The third kappa shape index (κ3) is 14.1. The lowest BCUT2D eigenvalue weighted by Gasteiger charge is -2.30. The lowest BCUT2D eigenvalue weighted by molar-refractivity contribution is -0.323. The summed E-state index contributed by atoms with van der Waals surface area (Å²) in [6.07, 6.45) is -0.422. The van der Waals surface area contributed by atoms with E-state index in [0.29, 0.717) is 12.8 Å². The Labute approximate surface area is 204 Å². The van der Waals surface area contributed by atoms with Gasteiger partial charge in [-0.05, 0) is 62.5 Å². The minimum atomic E-state index is -0.911. The van der Waals surface area contributed by atoms with Crippen molar-refractivity contribution in [3.63, 3.8) is 0 Å². The van der Waals surface area contributed by atoms with Crippen LogP contribution < -0.4 is 0 Å². The van der Waals surface area contributed by atoms with E-state index < -0.39 is 23.5 Å². The molecule has 0 N–H and O–H groups in total. The van der Waals surface area contributed by atoms with Crippen LogP contribution in [0.25, 0.3) is 0 Å². The SMILES string of the molecule is CC(C)(C)CC(C)(C)OOC(=O)OCc1ccc(COC(=O)OOC(C)(C)CC(C)(C)C)cc1. The van der Waals surface area contributed by atoms with Crippen LogP contribution in [-0.4, -0.2) is 23.5 Å². The molecule has 0 unspecified atom stereocenters. The van der Waals surface area contributed by atoms with Crippen LogP contribution in [-0.2, 0) is 42.2 Å². The summed E-state index contributed by atoms with van der Waals surface area (Å²) in [5.41, 5.74) is 0.263. The minimum Gasteiger partial charge on any atom is -0.427 e. The fourth-order valence-electron chi connectivity index (χ4n) is 3.97. The van der Waals surface area contributed by atoms with Gasteiger partial charge in [-0.25, -0.2) is 9.59 Å². The number of rotatable bonds is 10. The Balaban J connectivity index is 2.37. The summed E-state index contributed by atoms with van der Waals surface area (Å²) in [6, 6.07) is 7.02. The highest BCUT2D eigenvalue weighted by molar-refractivity contribution is 5.59. The largest absolute Gasteiger partial charge is 0.540 e. The number of carbonyl (C=O) groups is 2. The first-order valence-electron chi connectivity index (χ1n) is 11.5. The lowest BCUT2D eigenvalue weighted by Crippen LogP contribution is -2.31. The average molecular weight is 483 g/mol. The number of benzene rings is 1. The number of carbonyl (C=O) groups excluding carboxylic acids is 2. The van der Waals surface area contributed by atoms with E-state index in [1.54, 1.807) is 24.3 Å². The molecule has 0 bridgehead atoms. The molecular weight excluding hydrogens is 440 g/mol. The van der Waals surface area contributed by atoms with Gasteiger partial charge in [-0.3, -0.25) is 9.78 Å². The van der Waals surface area contributed by atoms with Crippen LogP contribution in [0.1, 0.15) is 93.2 Å². The molecule has 0 aliphatic carbocycles. The summed E-state index contributed by atoms with van der Waals surface area (Å²) in [6.45, 7) is 19.9. The fraction of sp³-hybridized carbons (Fsp3) is 0.692. The molecule has 0 aromatic heterocycles. The monoisotopic (exact) mass is 482 g/mol. The first-order valence-corrected chi connectivity index (χ1v) is 11.5. The second-order valence-electron chi connectivity index (χ2n) is 12.2. The van der Waals surface area contributed by atoms with Gasteiger partial charge in [0.15, 0.2) is 0 Å². The zero-order valence-corrected chi connectivity index (χ0v) is 22.4. The standard InChI is InChI=1S/C26H42O8/c1-23(2,3)17-25(7,8)33-31-21(27)29-15-19-11-13-20(14-12-19)16-30-22(28)32-34-26(9,10)18-24(4,5)6/h11-14H,15-18H2,1-10H3. The highest BCUT2D eigenvalue weighted by atomic mass is 17.2. The van der Waals surface area contributed by atoms with Gasteiger partial charge in [0.2, 0.25) is 0 Å². The first kappa shape index (κ1) is 29.7. The highest BCUT2D eigenvalue weighted by Gasteiger charge is 2.30. The van der Waals surface area contributed by atoms with Gasteiger partial charge in [0.1, 0.15) is 24.4 Å². The van der Waals surface area contributed by atoms with Gasteiger partial charge >= 0.3 is 12.3 Å². The van der Waals surface area contributed by atoms with Crippen molar-refractivity contribution in [3.05, 3.63) is 35.4 Å². The predicted molar refractivity (Wildman–Crippen MR) is 127 cm³/mol. The van der Waals surface area contributed by atoms with E-state index in [-0.39, 0.29) is 24.0 Å². The highest BCUT2D eigenvalue weighted by Crippen LogP contribution is 2.30. The van der Waals surface area contributed by atoms with Crippen LogP contribution in [0.15, 0.2) is 24.3 Å². The summed E-state index contributed by atoms with van der Waals surface area (Å²) in [4.78, 5) is 43.7. The smallest absolute Gasteiger partial charge is 0.427 e. The molecular formula is C26H42O8. The van der Waals surface area contributed by atoms with Crippen LogP contribution in [0.4, 0.5) is 9.59 Å². The zero-order chi connectivity index (χ0) is 26.2. The summed E-state index contributed by atoms with van der Waals surface area (Å²) in [7, 11) is 0. The van der Waals surface area contributed by atoms with E-state index in [1.165, 1.54) is 0 Å². The van der Waals surface area contributed by atoms with E-state index in [1.807, 2.05) is 27.7 Å². The third-order valence-electron chi connectivity index (χ3n) is 4.32. The van der Waals surface area contributed by atoms with Gasteiger partial charge in [0.05, 0.1) is 0 Å². The lowest BCUT2D eigenvalue weighted by atomic mass is 9.84. The van der Waals surface area contributed by atoms with Crippen molar-refractivity contribution in [2.45, 2.75) is 106 Å². The normalized spacial score (nSPS) is 12.8. The fourth-order valence-corrected chi connectivity index (χ4v) is 3.97. The summed E-state index contributed by atoms with van der Waals surface area (Å²) >= 11 is 0. The Morgan fingerprint density at radius 3 is 1.15 bits per heavy atom. The Morgan fingerprint density at radius 2 is 0.882 bits per heavy atom. The van der Waals surface area contributed by atoms with Crippen LogP contribution in [0.3, 0.4) is 0 Å². The molecule has 194 valence electrons. The van der Waals surface area contributed by atoms with E-state index >= 15 is 0 Å². The molecule has 0 spiro atoms. The molecule has 0 fully saturated rings. The van der Waals surface area contributed by atoms with E-state index in [2.05, 4.69) is 41.5 Å². The molecule has 1 aromatic rings. The van der Waals surface area contributed by atoms with Crippen LogP contribution >= 0.6 is 0 Å². The molecule has 0 saturated heterocycles. The number of hydrogen-bond acceptors (Lipinski definition) is 8. The van der Waals surface area contributed by atoms with Crippen molar-refractivity contribution >= 4 is 12.3 Å². The molecule has 8 nitrogen and oxygen atoms in total. The topological polar surface area (TPSA) is 89.5 Å². The van der Waals surface area contributed by atoms with Crippen LogP contribution in [0.2, 0.25) is 0 Å². The zero-order valence-electron chi connectivity index (χ0n) is 22.4. The number of ether oxygens (including phenoxy) is 2. The van der Waals surface area contributed by atoms with Crippen LogP contribution in [0, 0.1) is 10.8 Å².